The van der Waals surface area contributed by atoms with Crippen LogP contribution in [0.15, 0.2) is 0 Å². The molecule has 1 N–H and O–H groups in total. The smallest absolute Gasteiger partial charge is 0.312 e. The summed E-state index contributed by atoms with van der Waals surface area (Å²) in [6, 6.07) is 0. The molecule has 0 spiro atoms. The van der Waals surface area contributed by atoms with E-state index in [-0.39, 0.29) is 11.8 Å². The van der Waals surface area contributed by atoms with Crippen LogP contribution in [-0.4, -0.2) is 74.6 Å². The third-order valence-corrected chi connectivity index (χ3v) is 3.56. The molecule has 0 radical (unpaired) electrons. The van der Waals surface area contributed by atoms with E-state index in [0.29, 0.717) is 38.7 Å². The first-order valence-electron chi connectivity index (χ1n) is 6.50. The quantitative estimate of drug-likeness (QED) is 0.637. The van der Waals surface area contributed by atoms with Gasteiger partial charge in [0, 0.05) is 52.3 Å². The molecule has 0 aromatic rings. The molecule has 0 aliphatic carbocycles. The standard InChI is InChI=1S/C12H21N3O3/c1-18-9-10-2-5-15(8-10)12(17)11(16)14-6-3-13-4-7-14/h10,13H,2-9H2,1H3. The normalized spacial score (nSPS) is 24.4. The highest BCUT2D eigenvalue weighted by Gasteiger charge is 2.32. The van der Waals surface area contributed by atoms with Gasteiger partial charge in [-0.15, -0.1) is 0 Å². The molecule has 0 aromatic heterocycles. The molecule has 2 aliphatic heterocycles. The molecule has 2 rings (SSSR count). The zero-order valence-corrected chi connectivity index (χ0v) is 10.9. The van der Waals surface area contributed by atoms with E-state index in [1.807, 2.05) is 0 Å². The molecule has 2 fully saturated rings. The topological polar surface area (TPSA) is 61.9 Å². The number of carbonyl (C=O) groups excluding carboxylic acids is 2. The predicted octanol–water partition coefficient (Wildman–Crippen LogP) is -1.09. The average Bonchev–Trinajstić information content (AvgIpc) is 2.87. The zero-order chi connectivity index (χ0) is 13.0. The fraction of sp³-hybridized carbons (Fsp3) is 0.833. The predicted molar refractivity (Wildman–Crippen MR) is 66.0 cm³/mol. The van der Waals surface area contributed by atoms with Gasteiger partial charge in [0.25, 0.3) is 0 Å². The second-order valence-corrected chi connectivity index (χ2v) is 4.90. The van der Waals surface area contributed by atoms with Crippen molar-refractivity contribution in [3.8, 4) is 0 Å². The van der Waals surface area contributed by atoms with Gasteiger partial charge >= 0.3 is 11.8 Å². The van der Waals surface area contributed by atoms with Gasteiger partial charge in [0.15, 0.2) is 0 Å². The number of rotatable bonds is 2. The van der Waals surface area contributed by atoms with Crippen LogP contribution < -0.4 is 5.32 Å². The summed E-state index contributed by atoms with van der Waals surface area (Å²) in [6.07, 6.45) is 0.925. The van der Waals surface area contributed by atoms with Gasteiger partial charge in [-0.25, -0.2) is 0 Å². The number of nitrogens with zero attached hydrogens (tertiary/aromatic N) is 2. The molecule has 2 heterocycles. The first-order valence-corrected chi connectivity index (χ1v) is 6.50. The maximum Gasteiger partial charge on any atom is 0.312 e. The molecule has 6 nitrogen and oxygen atoms in total. The van der Waals surface area contributed by atoms with E-state index in [1.165, 1.54) is 0 Å². The highest BCUT2D eigenvalue weighted by atomic mass is 16.5. The molecule has 1 unspecified atom stereocenters. The molecule has 2 aliphatic rings. The van der Waals surface area contributed by atoms with Gasteiger partial charge in [-0.2, -0.15) is 0 Å². The van der Waals surface area contributed by atoms with Crippen LogP contribution in [0.25, 0.3) is 0 Å². The molecule has 6 heteroatoms. The Labute approximate surface area is 107 Å². The Kier molecular flexibility index (Phi) is 4.54. The van der Waals surface area contributed by atoms with E-state index in [4.69, 9.17) is 4.74 Å². The van der Waals surface area contributed by atoms with Crippen LogP contribution in [-0.2, 0) is 14.3 Å². The zero-order valence-electron chi connectivity index (χ0n) is 10.9. The van der Waals surface area contributed by atoms with E-state index in [0.717, 1.165) is 19.5 Å². The third kappa shape index (κ3) is 3.00. The summed E-state index contributed by atoms with van der Waals surface area (Å²) in [5.41, 5.74) is 0. The van der Waals surface area contributed by atoms with E-state index in [2.05, 4.69) is 5.32 Å². The van der Waals surface area contributed by atoms with Crippen molar-refractivity contribution in [2.45, 2.75) is 6.42 Å². The lowest BCUT2D eigenvalue weighted by Gasteiger charge is -2.28. The van der Waals surface area contributed by atoms with Crippen molar-refractivity contribution in [1.29, 1.82) is 0 Å². The molecule has 2 amide bonds. The fourth-order valence-electron chi connectivity index (χ4n) is 2.53. The number of nitrogens with one attached hydrogen (secondary N) is 1. The fourth-order valence-corrected chi connectivity index (χ4v) is 2.53. The largest absolute Gasteiger partial charge is 0.384 e. The maximum absolute atomic E-state index is 12.1. The number of piperazine rings is 1. The van der Waals surface area contributed by atoms with Crippen molar-refractivity contribution in [1.82, 2.24) is 15.1 Å². The van der Waals surface area contributed by atoms with Crippen molar-refractivity contribution < 1.29 is 14.3 Å². The Morgan fingerprint density at radius 1 is 1.17 bits per heavy atom. The van der Waals surface area contributed by atoms with Gasteiger partial charge < -0.3 is 19.9 Å². The number of ether oxygens (including phenoxy) is 1. The maximum atomic E-state index is 12.1. The molecule has 0 saturated carbocycles. The highest BCUT2D eigenvalue weighted by molar-refractivity contribution is 6.35. The lowest BCUT2D eigenvalue weighted by atomic mass is 10.1. The van der Waals surface area contributed by atoms with Crippen molar-refractivity contribution in [3.63, 3.8) is 0 Å². The molecule has 0 aromatic carbocycles. The first kappa shape index (κ1) is 13.3. The number of methoxy groups -OCH3 is 1. The third-order valence-electron chi connectivity index (χ3n) is 3.56. The number of hydrogen-bond acceptors (Lipinski definition) is 4. The van der Waals surface area contributed by atoms with Crippen LogP contribution in [0.1, 0.15) is 6.42 Å². The molecule has 0 bridgehead atoms. The van der Waals surface area contributed by atoms with Crippen LogP contribution in [0, 0.1) is 5.92 Å². The van der Waals surface area contributed by atoms with Crippen LogP contribution >= 0.6 is 0 Å². The van der Waals surface area contributed by atoms with E-state index >= 15 is 0 Å². The summed E-state index contributed by atoms with van der Waals surface area (Å²) in [7, 11) is 1.66. The monoisotopic (exact) mass is 255 g/mol. The summed E-state index contributed by atoms with van der Waals surface area (Å²) >= 11 is 0. The Morgan fingerprint density at radius 3 is 2.50 bits per heavy atom. The molecular weight excluding hydrogens is 234 g/mol. The second kappa shape index (κ2) is 6.15. The van der Waals surface area contributed by atoms with E-state index in [1.54, 1.807) is 16.9 Å². The molecule has 2 saturated heterocycles. The molecule has 1 atom stereocenters. The summed E-state index contributed by atoms with van der Waals surface area (Å²) < 4.78 is 5.09. The summed E-state index contributed by atoms with van der Waals surface area (Å²) in [5, 5.41) is 3.17. The Bertz CT molecular complexity index is 316. The van der Waals surface area contributed by atoms with E-state index < -0.39 is 0 Å². The number of hydrogen-bond donors (Lipinski definition) is 1. The summed E-state index contributed by atoms with van der Waals surface area (Å²) in [5.74, 6) is -0.333. The minimum Gasteiger partial charge on any atom is -0.384 e. The van der Waals surface area contributed by atoms with Gasteiger partial charge in [-0.3, -0.25) is 9.59 Å². The van der Waals surface area contributed by atoms with Gasteiger partial charge in [-0.1, -0.05) is 0 Å². The summed E-state index contributed by atoms with van der Waals surface area (Å²) in [6.45, 7) is 4.76. The van der Waals surface area contributed by atoms with Crippen molar-refractivity contribution in [3.05, 3.63) is 0 Å². The van der Waals surface area contributed by atoms with Crippen LogP contribution in [0.2, 0.25) is 0 Å². The van der Waals surface area contributed by atoms with Crippen molar-refractivity contribution in [2.75, 3.05) is 53.0 Å². The average molecular weight is 255 g/mol. The van der Waals surface area contributed by atoms with Crippen LogP contribution in [0.5, 0.6) is 0 Å². The molecule has 18 heavy (non-hydrogen) atoms. The number of amides is 2. The lowest BCUT2D eigenvalue weighted by Crippen LogP contribution is -2.51. The van der Waals surface area contributed by atoms with Gasteiger partial charge in [0.05, 0.1) is 6.61 Å². The van der Waals surface area contributed by atoms with Crippen molar-refractivity contribution >= 4 is 11.8 Å². The second-order valence-electron chi connectivity index (χ2n) is 4.90. The molecule has 102 valence electrons. The lowest BCUT2D eigenvalue weighted by molar-refractivity contribution is -0.151. The van der Waals surface area contributed by atoms with Crippen LogP contribution in [0.3, 0.4) is 0 Å². The highest BCUT2D eigenvalue weighted by Crippen LogP contribution is 2.17. The minimum atomic E-state index is -0.352. The van der Waals surface area contributed by atoms with Gasteiger partial charge in [0.1, 0.15) is 0 Å². The first-order chi connectivity index (χ1) is 8.72. The van der Waals surface area contributed by atoms with E-state index in [9.17, 15) is 9.59 Å². The molecular formula is C12H21N3O3. The van der Waals surface area contributed by atoms with Gasteiger partial charge in [0.2, 0.25) is 0 Å². The van der Waals surface area contributed by atoms with Crippen LogP contribution in [0.4, 0.5) is 0 Å². The number of likely N-dealkylation sites (tertiary alicyclic amines) is 1. The Balaban J connectivity index is 1.85. The van der Waals surface area contributed by atoms with Gasteiger partial charge in [-0.05, 0) is 6.42 Å². The SMILES string of the molecule is COCC1CCN(C(=O)C(=O)N2CCNCC2)C1. The Morgan fingerprint density at radius 2 is 1.83 bits per heavy atom. The summed E-state index contributed by atoms with van der Waals surface area (Å²) in [4.78, 5) is 27.4. The number of carbonyl (C=O) groups is 2. The minimum absolute atomic E-state index is 0.351. The Hall–Kier alpha value is -1.14. The van der Waals surface area contributed by atoms with Crippen molar-refractivity contribution in [2.24, 2.45) is 5.92 Å².